The highest BCUT2D eigenvalue weighted by Gasteiger charge is 2.33. The summed E-state index contributed by atoms with van der Waals surface area (Å²) >= 11 is 0. The summed E-state index contributed by atoms with van der Waals surface area (Å²) in [7, 11) is 0. The van der Waals surface area contributed by atoms with E-state index < -0.39 is 0 Å². The SMILES string of the molecule is CCCCC1CNCC(CC)(CC)O1. The van der Waals surface area contributed by atoms with E-state index >= 15 is 0 Å². The van der Waals surface area contributed by atoms with Crippen molar-refractivity contribution in [3.8, 4) is 0 Å². The van der Waals surface area contributed by atoms with Gasteiger partial charge in [-0.2, -0.15) is 0 Å². The molecule has 1 aliphatic heterocycles. The van der Waals surface area contributed by atoms with E-state index in [4.69, 9.17) is 4.74 Å². The van der Waals surface area contributed by atoms with E-state index in [-0.39, 0.29) is 5.60 Å². The molecule has 14 heavy (non-hydrogen) atoms. The summed E-state index contributed by atoms with van der Waals surface area (Å²) < 4.78 is 6.21. The van der Waals surface area contributed by atoms with Gasteiger partial charge < -0.3 is 10.1 Å². The Kier molecular flexibility index (Phi) is 4.90. The average molecular weight is 199 g/mol. The zero-order valence-electron chi connectivity index (χ0n) is 9.94. The minimum atomic E-state index is 0.122. The minimum absolute atomic E-state index is 0.122. The zero-order chi connectivity index (χ0) is 10.4. The number of ether oxygens (including phenoxy) is 1. The van der Waals surface area contributed by atoms with E-state index in [0.717, 1.165) is 25.9 Å². The molecule has 0 aromatic heterocycles. The van der Waals surface area contributed by atoms with Crippen LogP contribution in [0.3, 0.4) is 0 Å². The van der Waals surface area contributed by atoms with Crippen molar-refractivity contribution in [1.82, 2.24) is 5.32 Å². The summed E-state index contributed by atoms with van der Waals surface area (Å²) in [6, 6.07) is 0. The summed E-state index contributed by atoms with van der Waals surface area (Å²) in [6.07, 6.45) is 6.47. The van der Waals surface area contributed by atoms with Gasteiger partial charge in [-0.15, -0.1) is 0 Å². The van der Waals surface area contributed by atoms with E-state index in [1.807, 2.05) is 0 Å². The Labute approximate surface area is 88.4 Å². The second-order valence-corrected chi connectivity index (χ2v) is 4.40. The molecule has 0 aromatic rings. The van der Waals surface area contributed by atoms with Crippen LogP contribution in [0.5, 0.6) is 0 Å². The Balaban J connectivity index is 2.41. The highest BCUT2D eigenvalue weighted by molar-refractivity contribution is 4.87. The second-order valence-electron chi connectivity index (χ2n) is 4.40. The average Bonchev–Trinajstić information content (AvgIpc) is 2.26. The van der Waals surface area contributed by atoms with Gasteiger partial charge in [-0.1, -0.05) is 33.6 Å². The molecule has 1 unspecified atom stereocenters. The van der Waals surface area contributed by atoms with Crippen molar-refractivity contribution in [3.63, 3.8) is 0 Å². The maximum Gasteiger partial charge on any atom is 0.0805 e. The Morgan fingerprint density at radius 3 is 2.57 bits per heavy atom. The van der Waals surface area contributed by atoms with Crippen molar-refractivity contribution in [2.75, 3.05) is 13.1 Å². The van der Waals surface area contributed by atoms with Crippen LogP contribution in [-0.4, -0.2) is 24.8 Å². The summed E-state index contributed by atoms with van der Waals surface area (Å²) in [5, 5.41) is 3.51. The van der Waals surface area contributed by atoms with E-state index in [2.05, 4.69) is 26.1 Å². The summed E-state index contributed by atoms with van der Waals surface area (Å²) in [5.41, 5.74) is 0.122. The lowest BCUT2D eigenvalue weighted by Crippen LogP contribution is -2.53. The smallest absolute Gasteiger partial charge is 0.0805 e. The molecular formula is C12H25NO. The molecule has 0 spiro atoms. The Bertz CT molecular complexity index is 154. The van der Waals surface area contributed by atoms with Crippen LogP contribution in [0, 0.1) is 0 Å². The number of hydrogen-bond donors (Lipinski definition) is 1. The molecule has 0 aromatic carbocycles. The van der Waals surface area contributed by atoms with Gasteiger partial charge >= 0.3 is 0 Å². The maximum atomic E-state index is 6.21. The third-order valence-electron chi connectivity index (χ3n) is 3.40. The molecule has 0 saturated carbocycles. The lowest BCUT2D eigenvalue weighted by molar-refractivity contribution is -0.122. The van der Waals surface area contributed by atoms with Crippen LogP contribution in [0.4, 0.5) is 0 Å². The van der Waals surface area contributed by atoms with Crippen LogP contribution >= 0.6 is 0 Å². The Morgan fingerprint density at radius 2 is 2.00 bits per heavy atom. The first-order valence-electron chi connectivity index (χ1n) is 6.15. The van der Waals surface area contributed by atoms with Crippen molar-refractivity contribution in [2.24, 2.45) is 0 Å². The molecule has 1 saturated heterocycles. The van der Waals surface area contributed by atoms with Gasteiger partial charge in [0.2, 0.25) is 0 Å². The number of rotatable bonds is 5. The zero-order valence-corrected chi connectivity index (χ0v) is 9.94. The number of morpholine rings is 1. The maximum absolute atomic E-state index is 6.21. The number of hydrogen-bond acceptors (Lipinski definition) is 2. The summed E-state index contributed by atoms with van der Waals surface area (Å²) in [5.74, 6) is 0. The monoisotopic (exact) mass is 199 g/mol. The summed E-state index contributed by atoms with van der Waals surface area (Å²) in [4.78, 5) is 0. The molecule has 1 atom stereocenters. The van der Waals surface area contributed by atoms with Gasteiger partial charge in [-0.25, -0.2) is 0 Å². The standard InChI is InChI=1S/C12H25NO/c1-4-7-8-11-9-13-10-12(5-2,6-3)14-11/h11,13H,4-10H2,1-3H3. The minimum Gasteiger partial charge on any atom is -0.369 e. The molecular weight excluding hydrogens is 174 g/mol. The normalized spacial score (nSPS) is 26.4. The fourth-order valence-electron chi connectivity index (χ4n) is 2.16. The molecule has 1 rings (SSSR count). The lowest BCUT2D eigenvalue weighted by Gasteiger charge is -2.41. The Morgan fingerprint density at radius 1 is 1.29 bits per heavy atom. The molecule has 2 nitrogen and oxygen atoms in total. The molecule has 1 fully saturated rings. The number of nitrogens with one attached hydrogen (secondary N) is 1. The second kappa shape index (κ2) is 5.72. The predicted octanol–water partition coefficient (Wildman–Crippen LogP) is 2.72. The third kappa shape index (κ3) is 2.96. The fourth-order valence-corrected chi connectivity index (χ4v) is 2.16. The predicted molar refractivity (Wildman–Crippen MR) is 60.6 cm³/mol. The van der Waals surface area contributed by atoms with Crippen LogP contribution in [0.2, 0.25) is 0 Å². The molecule has 84 valence electrons. The van der Waals surface area contributed by atoms with Crippen molar-refractivity contribution in [2.45, 2.75) is 64.6 Å². The highest BCUT2D eigenvalue weighted by Crippen LogP contribution is 2.26. The molecule has 1 aliphatic rings. The molecule has 0 aliphatic carbocycles. The Hall–Kier alpha value is -0.0800. The van der Waals surface area contributed by atoms with Gasteiger partial charge in [0.15, 0.2) is 0 Å². The van der Waals surface area contributed by atoms with Crippen LogP contribution in [0.1, 0.15) is 52.9 Å². The highest BCUT2D eigenvalue weighted by atomic mass is 16.5. The van der Waals surface area contributed by atoms with Crippen LogP contribution in [-0.2, 0) is 4.74 Å². The topological polar surface area (TPSA) is 21.3 Å². The van der Waals surface area contributed by atoms with Gasteiger partial charge in [0.05, 0.1) is 11.7 Å². The molecule has 0 bridgehead atoms. The van der Waals surface area contributed by atoms with Crippen LogP contribution < -0.4 is 5.32 Å². The van der Waals surface area contributed by atoms with Gasteiger partial charge in [-0.3, -0.25) is 0 Å². The van der Waals surface area contributed by atoms with Crippen molar-refractivity contribution in [3.05, 3.63) is 0 Å². The van der Waals surface area contributed by atoms with Gasteiger partial charge in [0.25, 0.3) is 0 Å². The first-order chi connectivity index (χ1) is 6.76. The molecule has 0 amide bonds. The van der Waals surface area contributed by atoms with E-state index in [9.17, 15) is 0 Å². The van der Waals surface area contributed by atoms with E-state index in [0.29, 0.717) is 6.10 Å². The van der Waals surface area contributed by atoms with Crippen molar-refractivity contribution < 1.29 is 4.74 Å². The largest absolute Gasteiger partial charge is 0.369 e. The van der Waals surface area contributed by atoms with Gasteiger partial charge in [0, 0.05) is 13.1 Å². The van der Waals surface area contributed by atoms with Crippen LogP contribution in [0.15, 0.2) is 0 Å². The van der Waals surface area contributed by atoms with Crippen molar-refractivity contribution in [1.29, 1.82) is 0 Å². The van der Waals surface area contributed by atoms with Crippen LogP contribution in [0.25, 0.3) is 0 Å². The molecule has 1 N–H and O–H groups in total. The first-order valence-corrected chi connectivity index (χ1v) is 6.15. The first kappa shape index (κ1) is 12.0. The summed E-state index contributed by atoms with van der Waals surface area (Å²) in [6.45, 7) is 8.77. The fraction of sp³-hybridized carbons (Fsp3) is 1.00. The third-order valence-corrected chi connectivity index (χ3v) is 3.40. The van der Waals surface area contributed by atoms with Crippen molar-refractivity contribution >= 4 is 0 Å². The lowest BCUT2D eigenvalue weighted by atomic mass is 9.94. The van der Waals surface area contributed by atoms with Gasteiger partial charge in [-0.05, 0) is 19.3 Å². The number of unbranched alkanes of at least 4 members (excludes halogenated alkanes) is 1. The molecule has 2 heteroatoms. The van der Waals surface area contributed by atoms with E-state index in [1.165, 1.54) is 19.3 Å². The van der Waals surface area contributed by atoms with E-state index in [1.54, 1.807) is 0 Å². The van der Waals surface area contributed by atoms with Gasteiger partial charge in [0.1, 0.15) is 0 Å². The molecule has 0 radical (unpaired) electrons. The molecule has 1 heterocycles. The quantitative estimate of drug-likeness (QED) is 0.735.